The van der Waals surface area contributed by atoms with E-state index >= 15 is 0 Å². The second-order valence-electron chi connectivity index (χ2n) is 36.2. The summed E-state index contributed by atoms with van der Waals surface area (Å²) in [4.78, 5) is 0. The van der Waals surface area contributed by atoms with Crippen molar-refractivity contribution in [1.82, 2.24) is 0 Å². The van der Waals surface area contributed by atoms with E-state index in [1.54, 1.807) is 12.2 Å². The first kappa shape index (κ1) is 89.8. The Kier molecular flexibility index (Phi) is 25.6. The van der Waals surface area contributed by atoms with Gasteiger partial charge in [0.05, 0.1) is 54.7 Å². The number of ether oxygens (including phenoxy) is 13. The number of epoxide rings is 4. The number of hydrogen-bond acceptors (Lipinski definition) is 14. The van der Waals surface area contributed by atoms with E-state index in [1.165, 1.54) is 100 Å². The van der Waals surface area contributed by atoms with E-state index in [1.807, 2.05) is 24.3 Å². The van der Waals surface area contributed by atoms with Gasteiger partial charge in [-0.1, -0.05) is 319 Å². The van der Waals surface area contributed by atoms with Crippen LogP contribution in [0.15, 0.2) is 414 Å². The van der Waals surface area contributed by atoms with Crippen molar-refractivity contribution in [1.29, 1.82) is 0 Å². The van der Waals surface area contributed by atoms with Gasteiger partial charge in [-0.3, -0.25) is 0 Å². The largest absolute Gasteiger partial charge is 0.491 e. The van der Waals surface area contributed by atoms with Crippen LogP contribution >= 0.6 is 15.9 Å². The zero-order valence-corrected chi connectivity index (χ0v) is 78.6. The molecule has 8 aliphatic rings. The molecule has 4 saturated heterocycles. The number of allylic oxidation sites excluding steroid dienone is 1. The number of rotatable bonds is 36. The molecule has 4 aliphatic carbocycles. The van der Waals surface area contributed by atoms with Gasteiger partial charge < -0.3 is 66.7 Å². The molecule has 692 valence electrons. The molecule has 0 aromatic heterocycles. The first-order valence-corrected chi connectivity index (χ1v) is 48.9. The van der Waals surface area contributed by atoms with Crippen LogP contribution in [0.5, 0.6) is 46.0 Å². The summed E-state index contributed by atoms with van der Waals surface area (Å²) in [5.41, 5.74) is 26.7. The molecule has 24 rings (SSSR count). The van der Waals surface area contributed by atoms with Crippen molar-refractivity contribution in [2.75, 3.05) is 91.2 Å². The third kappa shape index (κ3) is 17.6. The number of hydrogen-bond donors (Lipinski definition) is 1. The minimum Gasteiger partial charge on any atom is -0.491 e. The summed E-state index contributed by atoms with van der Waals surface area (Å²) >= 11 is 3.13. The second-order valence-corrected chi connectivity index (χ2v) is 36.9. The summed E-state index contributed by atoms with van der Waals surface area (Å²) in [6.07, 6.45) is 3.09. The first-order chi connectivity index (χ1) is 68.6. The number of halogens is 1. The van der Waals surface area contributed by atoms with Gasteiger partial charge in [0.2, 0.25) is 0 Å². The zero-order valence-electron chi connectivity index (χ0n) is 77.0. The van der Waals surface area contributed by atoms with E-state index in [0.717, 1.165) is 99.6 Å². The molecule has 4 heterocycles. The maximum Gasteiger partial charge on any atom is 0.126 e. The van der Waals surface area contributed by atoms with E-state index in [0.29, 0.717) is 57.7 Å². The van der Waals surface area contributed by atoms with Gasteiger partial charge in [-0.2, -0.15) is 0 Å². The molecule has 0 radical (unpaired) electrons. The highest BCUT2D eigenvalue weighted by molar-refractivity contribution is 9.09. The van der Waals surface area contributed by atoms with Crippen LogP contribution in [0.25, 0.3) is 44.5 Å². The van der Waals surface area contributed by atoms with E-state index in [-0.39, 0.29) is 43.7 Å². The Hall–Kier alpha value is -14.4. The molecule has 4 unspecified atom stereocenters. The van der Waals surface area contributed by atoms with Crippen molar-refractivity contribution in [2.45, 2.75) is 58.3 Å². The van der Waals surface area contributed by atoms with Crippen LogP contribution in [-0.2, 0) is 45.3 Å². The Morgan fingerprint density at radius 2 is 0.417 bits per heavy atom. The monoisotopic (exact) mass is 1900 g/mol. The van der Waals surface area contributed by atoms with Crippen molar-refractivity contribution >= 4 is 15.9 Å². The van der Waals surface area contributed by atoms with Crippen molar-refractivity contribution in [3.8, 4) is 90.5 Å². The van der Waals surface area contributed by atoms with Gasteiger partial charge in [-0.15, -0.1) is 13.2 Å². The highest BCUT2D eigenvalue weighted by Crippen LogP contribution is 2.62. The Bertz CT molecular complexity index is 6440. The lowest BCUT2D eigenvalue weighted by atomic mass is 9.68. The molecular formula is C124H105BrO14. The lowest BCUT2D eigenvalue weighted by molar-refractivity contribution is 0.00607. The fraction of sp³-hybridized carbons (Fsp3) is 0.194. The number of benzene rings is 16. The fourth-order valence-corrected chi connectivity index (χ4v) is 21.1. The summed E-state index contributed by atoms with van der Waals surface area (Å²) in [6, 6.07) is 137. The van der Waals surface area contributed by atoms with Gasteiger partial charge in [-0.05, 0) is 231 Å². The van der Waals surface area contributed by atoms with E-state index in [4.69, 9.17) is 61.6 Å². The predicted octanol–water partition coefficient (Wildman–Crippen LogP) is 24.4. The molecule has 1 N–H and O–H groups in total. The fourth-order valence-electron chi connectivity index (χ4n) is 21.1. The molecular weight excluding hydrogens is 1790 g/mol. The lowest BCUT2D eigenvalue weighted by Crippen LogP contribution is -2.29. The van der Waals surface area contributed by atoms with Gasteiger partial charge >= 0.3 is 0 Å². The third-order valence-electron chi connectivity index (χ3n) is 27.8. The van der Waals surface area contributed by atoms with Crippen molar-refractivity contribution in [3.05, 3.63) is 503 Å². The Morgan fingerprint density at radius 1 is 0.252 bits per heavy atom. The predicted molar refractivity (Wildman–Crippen MR) is 548 cm³/mol. The molecule has 0 saturated carbocycles. The van der Waals surface area contributed by atoms with Crippen LogP contribution in [-0.4, -0.2) is 133 Å². The molecule has 139 heavy (non-hydrogen) atoms. The molecule has 15 heteroatoms. The van der Waals surface area contributed by atoms with E-state index in [2.05, 4.69) is 393 Å². The molecule has 16 aromatic carbocycles. The minimum atomic E-state index is -0.858. The van der Waals surface area contributed by atoms with Gasteiger partial charge in [0.1, 0.15) is 135 Å². The smallest absolute Gasteiger partial charge is 0.126 e. The van der Waals surface area contributed by atoms with Gasteiger partial charge in [0.25, 0.3) is 0 Å². The zero-order chi connectivity index (χ0) is 93.7. The molecule has 16 aromatic rings. The number of aliphatic hydroxyl groups excluding tert-OH is 1. The van der Waals surface area contributed by atoms with Crippen LogP contribution in [0.2, 0.25) is 0 Å². The van der Waals surface area contributed by atoms with Gasteiger partial charge in [0, 0.05) is 5.33 Å². The first-order valence-electron chi connectivity index (χ1n) is 47.8. The van der Waals surface area contributed by atoms with Crippen molar-refractivity contribution < 1.29 is 66.7 Å². The topological polar surface area (TPSA) is 153 Å². The number of aliphatic hydroxyl groups is 1. The van der Waals surface area contributed by atoms with E-state index < -0.39 is 27.8 Å². The maximum absolute atomic E-state index is 11.1. The molecule has 14 nitrogen and oxygen atoms in total. The van der Waals surface area contributed by atoms with Crippen LogP contribution in [0.1, 0.15) is 89.0 Å². The second kappa shape index (κ2) is 39.6. The SMILES string of the molecule is C=CCBr.C=CCOC(COc1ccc(C2(c3ccc(OCC4CO4)cc3)c3ccccc3-c3ccccc32)cc1)COc1ccc(C2(c3ccc(OCC4CO4)cc3)c3ccccc3-c3ccccc32)cc1.OC(COc1ccc(C2(c3ccc(OCC4CO4)cc3)c3ccccc3-c3ccccc32)cc1)COc1ccc(C2(c3ccc(OCC4CO4)cc3)c3ccccc3-c3ccccc32)cc1. The summed E-state index contributed by atoms with van der Waals surface area (Å²) in [5.74, 6) is 6.14. The highest BCUT2D eigenvalue weighted by Gasteiger charge is 2.51. The molecule has 0 spiro atoms. The molecule has 4 fully saturated rings. The number of fused-ring (bicyclic) bond motifs is 12. The van der Waals surface area contributed by atoms with Crippen LogP contribution < -0.4 is 37.9 Å². The summed E-state index contributed by atoms with van der Waals surface area (Å²) in [5, 5.41) is 12.0. The normalized spacial score (nSPS) is 17.5. The third-order valence-corrected chi connectivity index (χ3v) is 28.2. The molecule has 0 amide bonds. The number of alkyl halides is 1. The lowest BCUT2D eigenvalue weighted by Gasteiger charge is -2.34. The minimum absolute atomic E-state index is 0.0751. The Labute approximate surface area is 819 Å². The Morgan fingerprint density at radius 3 is 0.583 bits per heavy atom. The van der Waals surface area contributed by atoms with Gasteiger partial charge in [-0.25, -0.2) is 0 Å². The molecule has 4 atom stereocenters. The van der Waals surface area contributed by atoms with Crippen LogP contribution in [0.3, 0.4) is 0 Å². The van der Waals surface area contributed by atoms with Crippen molar-refractivity contribution in [3.63, 3.8) is 0 Å². The van der Waals surface area contributed by atoms with Crippen molar-refractivity contribution in [2.24, 2.45) is 0 Å². The highest BCUT2D eigenvalue weighted by atomic mass is 79.9. The molecule has 0 bridgehead atoms. The quantitative estimate of drug-likeness (QED) is 0.0225. The van der Waals surface area contributed by atoms with Gasteiger partial charge in [0.15, 0.2) is 0 Å². The summed E-state index contributed by atoms with van der Waals surface area (Å²) < 4.78 is 77.3. The standard InChI is InChI=1S/C62H52O7.C59H48O7.C3H5Br/c1-2-35-63-50(36-64-46-27-19-42(20-28-46)61(44-23-31-48(32-24-44)66-38-51-40-68-51)57-15-7-3-11-53(57)54-12-4-8-16-58(54)61)37-65-47-29-21-43(22-30-47)62(45-25-33-49(34-26-45)67-39-52-41-69-52)59-17-9-5-13-55(59)56-14-6-10-18-60(56)62;60-43(33-61-44-25-17-39(18-26-44)58(41-21-29-46(30-22-41)63-35-48-37-65-48)54-13-5-1-9-50(54)51-10-2-6-14-55(51)58)34-62-45-27-19-40(20-28-45)59(42-23-31-47(32-24-42)64-36-49-38-66-49)56-15-7-3-11-52(56)53-12-4-8-16-57(53)59;1-2-3-4/h2-34,50-52H,1,35-41H2;1-32,43,48-49,60H,33-38H2;2H,1,3H2. The average Bonchev–Trinajstić information content (AvgIpc) is 1.56. The van der Waals surface area contributed by atoms with Crippen LogP contribution in [0.4, 0.5) is 0 Å². The van der Waals surface area contributed by atoms with Crippen LogP contribution in [0, 0.1) is 0 Å². The summed E-state index contributed by atoms with van der Waals surface area (Å²) in [6.45, 7) is 13.7. The summed E-state index contributed by atoms with van der Waals surface area (Å²) in [7, 11) is 0. The molecule has 4 aliphatic heterocycles. The average molecular weight is 1900 g/mol. The maximum atomic E-state index is 11.1. The Balaban J connectivity index is 0.000000154. The van der Waals surface area contributed by atoms with E-state index in [9.17, 15) is 5.11 Å².